The Bertz CT molecular complexity index is 1480. The normalized spacial score (nSPS) is 11.6. The fourth-order valence-electron chi connectivity index (χ4n) is 3.65. The van der Waals surface area contributed by atoms with Gasteiger partial charge in [0.2, 0.25) is 10.0 Å². The average molecular weight is 490 g/mol. The number of carboxylic acid groups (broad SMARTS) is 1. The van der Waals surface area contributed by atoms with Gasteiger partial charge in [-0.15, -0.1) is 0 Å². The van der Waals surface area contributed by atoms with Crippen molar-refractivity contribution in [1.29, 1.82) is 0 Å². The summed E-state index contributed by atoms with van der Waals surface area (Å²) in [4.78, 5) is 11.7. The zero-order valence-electron chi connectivity index (χ0n) is 17.1. The van der Waals surface area contributed by atoms with Gasteiger partial charge in [-0.25, -0.2) is 27.4 Å². The summed E-state index contributed by atoms with van der Waals surface area (Å²) in [5.41, 5.74) is 0.787. The molecule has 0 aliphatic rings. The maximum atomic E-state index is 13.4. The molecule has 0 aliphatic heterocycles. The second-order valence-electron chi connectivity index (χ2n) is 7.18. The third kappa shape index (κ3) is 4.28. The van der Waals surface area contributed by atoms with E-state index < -0.39 is 26.7 Å². The van der Waals surface area contributed by atoms with Gasteiger partial charge in [-0.1, -0.05) is 23.7 Å². The Morgan fingerprint density at radius 2 is 1.82 bits per heavy atom. The second kappa shape index (κ2) is 8.47. The monoisotopic (exact) mass is 489 g/mol. The van der Waals surface area contributed by atoms with E-state index in [4.69, 9.17) is 21.5 Å². The van der Waals surface area contributed by atoms with E-state index in [1.165, 1.54) is 42.1 Å². The first-order chi connectivity index (χ1) is 15.6. The minimum Gasteiger partial charge on any atom is -0.497 e. The Morgan fingerprint density at radius 1 is 1.18 bits per heavy atom. The lowest BCUT2D eigenvalue weighted by Crippen LogP contribution is -2.18. The molecule has 1 heterocycles. The molecule has 0 radical (unpaired) electrons. The van der Waals surface area contributed by atoms with Gasteiger partial charge in [-0.3, -0.25) is 0 Å². The van der Waals surface area contributed by atoms with Crippen molar-refractivity contribution in [3.05, 3.63) is 82.3 Å². The number of fused-ring (bicyclic) bond motifs is 1. The Morgan fingerprint density at radius 3 is 2.36 bits per heavy atom. The summed E-state index contributed by atoms with van der Waals surface area (Å²) in [6.45, 7) is 0. The van der Waals surface area contributed by atoms with Gasteiger partial charge >= 0.3 is 5.97 Å². The first-order valence-corrected chi connectivity index (χ1v) is 11.4. The van der Waals surface area contributed by atoms with Crippen molar-refractivity contribution in [3.63, 3.8) is 0 Å². The molecule has 0 bridgehead atoms. The van der Waals surface area contributed by atoms with E-state index in [0.717, 1.165) is 0 Å². The molecule has 8 nitrogen and oxygen atoms in total. The number of methoxy groups -OCH3 is 1. The van der Waals surface area contributed by atoms with Crippen molar-refractivity contribution in [2.75, 3.05) is 7.11 Å². The van der Waals surface area contributed by atoms with E-state index in [9.17, 15) is 22.7 Å². The Hall–Kier alpha value is -3.47. The number of hydrogen-bond acceptors (Lipinski definition) is 5. The average Bonchev–Trinajstić information content (AvgIpc) is 3.09. The highest BCUT2D eigenvalue weighted by Gasteiger charge is 2.29. The quantitative estimate of drug-likeness (QED) is 0.425. The lowest BCUT2D eigenvalue weighted by molar-refractivity contribution is 0.0695. The first kappa shape index (κ1) is 22.7. The summed E-state index contributed by atoms with van der Waals surface area (Å²) in [6, 6.07) is 13.2. The lowest BCUT2D eigenvalue weighted by atomic mass is 9.97. The van der Waals surface area contributed by atoms with Crippen molar-refractivity contribution < 1.29 is 27.4 Å². The van der Waals surface area contributed by atoms with Crippen LogP contribution in [0.3, 0.4) is 0 Å². The molecule has 33 heavy (non-hydrogen) atoms. The molecule has 3 N–H and O–H groups in total. The topological polar surface area (TPSA) is 125 Å². The fraction of sp³-hybridized carbons (Fsp3) is 0.0909. The van der Waals surface area contributed by atoms with Crippen LogP contribution >= 0.6 is 11.6 Å². The van der Waals surface area contributed by atoms with E-state index in [2.05, 4.69) is 5.10 Å². The molecule has 0 unspecified atom stereocenters. The van der Waals surface area contributed by atoms with Crippen LogP contribution in [-0.2, 0) is 16.4 Å². The number of rotatable bonds is 6. The molecule has 0 amide bonds. The number of carbonyl (C=O) groups is 1. The van der Waals surface area contributed by atoms with Gasteiger partial charge in [-0.05, 0) is 60.0 Å². The first-order valence-electron chi connectivity index (χ1n) is 9.49. The van der Waals surface area contributed by atoms with Crippen molar-refractivity contribution in [3.8, 4) is 11.4 Å². The molecule has 4 rings (SSSR count). The number of nitrogens with two attached hydrogens (primary N) is 1. The predicted molar refractivity (Wildman–Crippen MR) is 120 cm³/mol. The largest absolute Gasteiger partial charge is 0.497 e. The van der Waals surface area contributed by atoms with Crippen LogP contribution in [0.1, 0.15) is 21.5 Å². The molecule has 170 valence electrons. The number of aromatic carboxylic acids is 1. The SMILES string of the molecule is COc1ccc(Cc2c(C(=O)O)cc3c(c(Cl)nn3-c3ccc(F)cc3)c2S(N)(=O)=O)cc1. The van der Waals surface area contributed by atoms with Crippen LogP contribution in [0.25, 0.3) is 16.6 Å². The van der Waals surface area contributed by atoms with Gasteiger partial charge in [0.15, 0.2) is 5.15 Å². The molecule has 0 saturated heterocycles. The van der Waals surface area contributed by atoms with E-state index in [0.29, 0.717) is 17.0 Å². The summed E-state index contributed by atoms with van der Waals surface area (Å²) in [5, 5.41) is 19.4. The van der Waals surface area contributed by atoms with E-state index >= 15 is 0 Å². The highest BCUT2D eigenvalue weighted by Crippen LogP contribution is 2.36. The molecular formula is C22H17ClFN3O5S. The molecule has 1 aromatic heterocycles. The Kier molecular flexibility index (Phi) is 5.83. The maximum Gasteiger partial charge on any atom is 0.336 e. The van der Waals surface area contributed by atoms with E-state index in [-0.39, 0.29) is 33.6 Å². The Balaban J connectivity index is 2.04. The number of hydrogen-bond donors (Lipinski definition) is 2. The number of sulfonamides is 1. The minimum absolute atomic E-state index is 0.0167. The van der Waals surface area contributed by atoms with Crippen LogP contribution < -0.4 is 9.88 Å². The van der Waals surface area contributed by atoms with Crippen molar-refractivity contribution in [1.82, 2.24) is 9.78 Å². The highest BCUT2D eigenvalue weighted by atomic mass is 35.5. The van der Waals surface area contributed by atoms with Crippen LogP contribution in [0.15, 0.2) is 59.5 Å². The molecule has 3 aromatic carbocycles. The summed E-state index contributed by atoms with van der Waals surface area (Å²) in [5.74, 6) is -1.25. The molecule has 0 saturated carbocycles. The molecule has 0 fully saturated rings. The molecule has 11 heteroatoms. The van der Waals surface area contributed by atoms with Gasteiger partial charge in [0.05, 0.1) is 34.2 Å². The van der Waals surface area contributed by atoms with Gasteiger partial charge in [0, 0.05) is 0 Å². The number of nitrogens with zero attached hydrogens (tertiary/aromatic N) is 2. The number of aromatic nitrogens is 2. The maximum absolute atomic E-state index is 13.4. The zero-order chi connectivity index (χ0) is 23.9. The van der Waals surface area contributed by atoms with Crippen molar-refractivity contribution in [2.24, 2.45) is 5.14 Å². The number of benzene rings is 3. The van der Waals surface area contributed by atoms with Crippen molar-refractivity contribution in [2.45, 2.75) is 11.3 Å². The standard InChI is InChI=1S/C22H17ClFN3O5S/c1-32-15-8-2-12(3-9-15)10-16-17(22(28)29)11-18-19(20(16)33(25,30)31)21(23)26-27(18)14-6-4-13(24)5-7-14/h2-9,11H,10H2,1H3,(H,28,29)(H2,25,30,31). The molecule has 0 atom stereocenters. The van der Waals surface area contributed by atoms with Crippen LogP contribution in [0, 0.1) is 5.82 Å². The lowest BCUT2D eigenvalue weighted by Gasteiger charge is -2.14. The number of halogens is 2. The zero-order valence-corrected chi connectivity index (χ0v) is 18.7. The smallest absolute Gasteiger partial charge is 0.336 e. The van der Waals surface area contributed by atoms with Crippen LogP contribution in [0.2, 0.25) is 5.15 Å². The van der Waals surface area contributed by atoms with Crippen LogP contribution in [0.4, 0.5) is 4.39 Å². The molecular weight excluding hydrogens is 473 g/mol. The molecule has 0 aliphatic carbocycles. The van der Waals surface area contributed by atoms with Crippen molar-refractivity contribution >= 4 is 38.5 Å². The second-order valence-corrected chi connectivity index (χ2v) is 9.04. The highest BCUT2D eigenvalue weighted by molar-refractivity contribution is 7.89. The van der Waals surface area contributed by atoms with Gasteiger partial charge in [-0.2, -0.15) is 5.10 Å². The van der Waals surface area contributed by atoms with Gasteiger partial charge in [0.25, 0.3) is 0 Å². The van der Waals surface area contributed by atoms with Crippen LogP contribution in [0.5, 0.6) is 5.75 Å². The van der Waals surface area contributed by atoms with E-state index in [1.54, 1.807) is 24.3 Å². The summed E-state index contributed by atoms with van der Waals surface area (Å²) in [7, 11) is -2.93. The fourth-order valence-corrected chi connectivity index (χ4v) is 4.98. The summed E-state index contributed by atoms with van der Waals surface area (Å²) >= 11 is 6.33. The Labute approximate surface area is 193 Å². The number of ether oxygens (including phenoxy) is 1. The third-order valence-corrected chi connectivity index (χ3v) is 6.40. The third-order valence-electron chi connectivity index (χ3n) is 5.11. The number of primary sulfonamides is 1. The predicted octanol–water partition coefficient (Wildman–Crippen LogP) is 3.76. The number of carboxylic acids is 1. The molecule has 0 spiro atoms. The van der Waals surface area contributed by atoms with Gasteiger partial charge in [0.1, 0.15) is 11.6 Å². The minimum atomic E-state index is -4.43. The van der Waals surface area contributed by atoms with Crippen LogP contribution in [-0.4, -0.2) is 36.4 Å². The van der Waals surface area contributed by atoms with E-state index in [1.807, 2.05) is 0 Å². The van der Waals surface area contributed by atoms with Gasteiger partial charge < -0.3 is 9.84 Å². The summed E-state index contributed by atoms with van der Waals surface area (Å²) < 4.78 is 45.1. The molecule has 4 aromatic rings. The summed E-state index contributed by atoms with van der Waals surface area (Å²) in [6.07, 6.45) is -0.0502.